The first kappa shape index (κ1) is 27.0. The zero-order valence-electron chi connectivity index (χ0n) is 22.7. The van der Waals surface area contributed by atoms with Crippen molar-refractivity contribution < 1.29 is 13.9 Å². The van der Waals surface area contributed by atoms with Crippen LogP contribution in [-0.2, 0) is 13.2 Å². The van der Waals surface area contributed by atoms with E-state index in [0.29, 0.717) is 6.61 Å². The predicted octanol–water partition coefficient (Wildman–Crippen LogP) is 6.26. The van der Waals surface area contributed by atoms with Crippen molar-refractivity contribution >= 4 is 16.5 Å². The Labute approximate surface area is 231 Å². The van der Waals surface area contributed by atoms with Crippen molar-refractivity contribution in [1.29, 1.82) is 0 Å². The number of piperazine rings is 1. The van der Waals surface area contributed by atoms with E-state index in [1.807, 2.05) is 18.2 Å². The van der Waals surface area contributed by atoms with Crippen LogP contribution < -0.4 is 19.7 Å². The van der Waals surface area contributed by atoms with Gasteiger partial charge in [-0.3, -0.25) is 4.90 Å². The number of halogens is 1. The van der Waals surface area contributed by atoms with Crippen LogP contribution in [0.3, 0.4) is 0 Å². The van der Waals surface area contributed by atoms with Gasteiger partial charge in [0.25, 0.3) is 0 Å². The molecule has 0 amide bonds. The number of unbranched alkanes of at least 4 members (excludes halogenated alkanes) is 1. The number of ether oxygens (including phenoxy) is 2. The first-order valence-corrected chi connectivity index (χ1v) is 13.9. The van der Waals surface area contributed by atoms with Gasteiger partial charge in [-0.25, -0.2) is 4.39 Å². The summed E-state index contributed by atoms with van der Waals surface area (Å²) in [5.41, 5.74) is 3.31. The summed E-state index contributed by atoms with van der Waals surface area (Å²) in [5.74, 6) is 1.59. The lowest BCUT2D eigenvalue weighted by atomic mass is 10.0. The summed E-state index contributed by atoms with van der Waals surface area (Å²) in [7, 11) is 1.74. The molecule has 6 heteroatoms. The van der Waals surface area contributed by atoms with Gasteiger partial charge in [0, 0.05) is 38.3 Å². The molecule has 1 saturated heterocycles. The Morgan fingerprint density at radius 2 is 1.56 bits per heavy atom. The second-order valence-corrected chi connectivity index (χ2v) is 10.1. The fourth-order valence-corrected chi connectivity index (χ4v) is 5.28. The second kappa shape index (κ2) is 13.5. The highest BCUT2D eigenvalue weighted by atomic mass is 19.1. The molecule has 0 aliphatic carbocycles. The zero-order valence-corrected chi connectivity index (χ0v) is 22.7. The number of hydrogen-bond acceptors (Lipinski definition) is 5. The van der Waals surface area contributed by atoms with Gasteiger partial charge in [-0.05, 0) is 72.6 Å². The van der Waals surface area contributed by atoms with Crippen LogP contribution in [-0.4, -0.2) is 51.3 Å². The summed E-state index contributed by atoms with van der Waals surface area (Å²) in [5, 5.41) is 6.06. The molecule has 39 heavy (non-hydrogen) atoms. The van der Waals surface area contributed by atoms with Crippen LogP contribution in [0.1, 0.15) is 24.0 Å². The molecular formula is C33H38FN3O2. The van der Waals surface area contributed by atoms with Crippen LogP contribution in [0.15, 0.2) is 84.9 Å². The molecule has 1 aliphatic heterocycles. The quantitative estimate of drug-likeness (QED) is 0.220. The van der Waals surface area contributed by atoms with E-state index in [4.69, 9.17) is 9.47 Å². The van der Waals surface area contributed by atoms with Crippen molar-refractivity contribution in [2.75, 3.05) is 51.3 Å². The molecule has 4 aromatic carbocycles. The third-order valence-corrected chi connectivity index (χ3v) is 7.48. The van der Waals surface area contributed by atoms with Gasteiger partial charge < -0.3 is 19.7 Å². The van der Waals surface area contributed by atoms with E-state index in [-0.39, 0.29) is 5.82 Å². The van der Waals surface area contributed by atoms with Crippen LogP contribution in [0, 0.1) is 5.82 Å². The molecule has 0 saturated carbocycles. The Balaban J connectivity index is 1.08. The van der Waals surface area contributed by atoms with Gasteiger partial charge in [0.05, 0.1) is 12.8 Å². The number of hydrogen-bond donors (Lipinski definition) is 1. The maximum atomic E-state index is 13.3. The number of para-hydroxylation sites is 2. The summed E-state index contributed by atoms with van der Waals surface area (Å²) >= 11 is 0. The average Bonchev–Trinajstić information content (AvgIpc) is 2.99. The summed E-state index contributed by atoms with van der Waals surface area (Å²) in [6.45, 7) is 7.46. The molecule has 1 heterocycles. The molecule has 0 radical (unpaired) electrons. The van der Waals surface area contributed by atoms with Crippen molar-refractivity contribution in [3.05, 3.63) is 102 Å². The van der Waals surface area contributed by atoms with E-state index in [0.717, 1.165) is 69.3 Å². The number of nitrogens with zero attached hydrogens (tertiary/aromatic N) is 2. The minimum absolute atomic E-state index is 0.232. The molecule has 4 aromatic rings. The highest BCUT2D eigenvalue weighted by Gasteiger charge is 2.19. The number of rotatable bonds is 12. The summed E-state index contributed by atoms with van der Waals surface area (Å²) in [6, 6.07) is 27.4. The molecule has 1 N–H and O–H groups in total. The van der Waals surface area contributed by atoms with E-state index >= 15 is 0 Å². The number of benzene rings is 4. The molecular weight excluding hydrogens is 489 g/mol. The largest absolute Gasteiger partial charge is 0.495 e. The lowest BCUT2D eigenvalue weighted by molar-refractivity contribution is 0.252. The third-order valence-electron chi connectivity index (χ3n) is 7.48. The molecule has 5 nitrogen and oxygen atoms in total. The molecule has 0 atom stereocenters. The van der Waals surface area contributed by atoms with Crippen molar-refractivity contribution in [3.8, 4) is 11.5 Å². The predicted molar refractivity (Wildman–Crippen MR) is 157 cm³/mol. The standard InChI is InChI=1S/C33H38FN3O2/c1-38-33-11-5-4-10-31(33)37-22-20-36(21-23-37)19-7-6-18-35-24-30-29-9-3-2-8-27(29)14-17-32(30)39-25-26-12-15-28(34)16-13-26/h2-5,8-17,35H,6-7,18-25H2,1H3. The Morgan fingerprint density at radius 3 is 2.38 bits per heavy atom. The van der Waals surface area contributed by atoms with Gasteiger partial charge in [-0.2, -0.15) is 0 Å². The second-order valence-electron chi connectivity index (χ2n) is 10.1. The Bertz CT molecular complexity index is 1340. The van der Waals surface area contributed by atoms with Crippen LogP contribution in [0.2, 0.25) is 0 Å². The number of anilines is 1. The maximum absolute atomic E-state index is 13.3. The highest BCUT2D eigenvalue weighted by molar-refractivity contribution is 5.87. The fourth-order valence-electron chi connectivity index (χ4n) is 5.28. The number of nitrogens with one attached hydrogen (secondary N) is 1. The number of methoxy groups -OCH3 is 1. The molecule has 204 valence electrons. The van der Waals surface area contributed by atoms with Crippen molar-refractivity contribution in [2.45, 2.75) is 26.0 Å². The Hall–Kier alpha value is -3.61. The van der Waals surface area contributed by atoms with E-state index in [2.05, 4.69) is 57.6 Å². The summed E-state index contributed by atoms with van der Waals surface area (Å²) in [6.07, 6.45) is 2.30. The van der Waals surface area contributed by atoms with Gasteiger partial charge in [0.1, 0.15) is 23.9 Å². The zero-order chi connectivity index (χ0) is 26.9. The normalized spacial score (nSPS) is 14.1. The van der Waals surface area contributed by atoms with Gasteiger partial charge in [0.15, 0.2) is 0 Å². The average molecular weight is 528 g/mol. The first-order chi connectivity index (χ1) is 19.2. The van der Waals surface area contributed by atoms with E-state index in [1.54, 1.807) is 19.2 Å². The molecule has 0 aromatic heterocycles. The molecule has 1 fully saturated rings. The van der Waals surface area contributed by atoms with Crippen molar-refractivity contribution in [3.63, 3.8) is 0 Å². The smallest absolute Gasteiger partial charge is 0.142 e. The molecule has 0 spiro atoms. The van der Waals surface area contributed by atoms with Gasteiger partial charge in [-0.1, -0.05) is 54.6 Å². The monoisotopic (exact) mass is 527 g/mol. The van der Waals surface area contributed by atoms with Crippen LogP contribution in [0.4, 0.5) is 10.1 Å². The van der Waals surface area contributed by atoms with Gasteiger partial charge in [0.2, 0.25) is 0 Å². The van der Waals surface area contributed by atoms with E-state index in [9.17, 15) is 4.39 Å². The molecule has 0 bridgehead atoms. The minimum Gasteiger partial charge on any atom is -0.495 e. The van der Waals surface area contributed by atoms with Gasteiger partial charge in [-0.15, -0.1) is 0 Å². The van der Waals surface area contributed by atoms with Crippen molar-refractivity contribution in [1.82, 2.24) is 10.2 Å². The molecule has 0 unspecified atom stereocenters. The van der Waals surface area contributed by atoms with Crippen LogP contribution >= 0.6 is 0 Å². The number of fused-ring (bicyclic) bond motifs is 1. The van der Waals surface area contributed by atoms with Crippen molar-refractivity contribution in [2.24, 2.45) is 0 Å². The molecule has 1 aliphatic rings. The summed E-state index contributed by atoms with van der Waals surface area (Å²) in [4.78, 5) is 4.99. The van der Waals surface area contributed by atoms with E-state index in [1.165, 1.54) is 40.6 Å². The lowest BCUT2D eigenvalue weighted by Gasteiger charge is -2.36. The molecule has 5 rings (SSSR count). The fraction of sp³-hybridized carbons (Fsp3) is 0.333. The van der Waals surface area contributed by atoms with Crippen LogP contribution in [0.5, 0.6) is 11.5 Å². The highest BCUT2D eigenvalue weighted by Crippen LogP contribution is 2.30. The summed E-state index contributed by atoms with van der Waals surface area (Å²) < 4.78 is 25.0. The lowest BCUT2D eigenvalue weighted by Crippen LogP contribution is -2.46. The first-order valence-electron chi connectivity index (χ1n) is 13.9. The van der Waals surface area contributed by atoms with Crippen LogP contribution in [0.25, 0.3) is 10.8 Å². The Kier molecular flexibility index (Phi) is 9.30. The van der Waals surface area contributed by atoms with Gasteiger partial charge >= 0.3 is 0 Å². The minimum atomic E-state index is -0.232. The maximum Gasteiger partial charge on any atom is 0.142 e. The SMILES string of the molecule is COc1ccccc1N1CCN(CCCCNCc2c(OCc3ccc(F)cc3)ccc3ccccc23)CC1. The topological polar surface area (TPSA) is 37.0 Å². The third kappa shape index (κ3) is 7.08. The van der Waals surface area contributed by atoms with E-state index < -0.39 is 0 Å². The Morgan fingerprint density at radius 1 is 0.795 bits per heavy atom.